The van der Waals surface area contributed by atoms with E-state index in [0.717, 1.165) is 49.2 Å². The van der Waals surface area contributed by atoms with Crippen molar-refractivity contribution >= 4 is 41.3 Å². The predicted octanol–water partition coefficient (Wildman–Crippen LogP) is 3.00. The van der Waals surface area contributed by atoms with E-state index in [4.69, 9.17) is 4.74 Å². The molecule has 1 fully saturated rings. The number of halogens is 1. The highest BCUT2D eigenvalue weighted by atomic mass is 127. The van der Waals surface area contributed by atoms with Crippen molar-refractivity contribution < 1.29 is 4.74 Å². The third kappa shape index (κ3) is 5.66. The van der Waals surface area contributed by atoms with Crippen molar-refractivity contribution in [2.24, 2.45) is 4.99 Å². The van der Waals surface area contributed by atoms with E-state index >= 15 is 0 Å². The normalized spacial score (nSPS) is 21.5. The summed E-state index contributed by atoms with van der Waals surface area (Å²) in [5, 5.41) is 7.79. The van der Waals surface area contributed by atoms with Gasteiger partial charge in [-0.05, 0) is 40.5 Å². The Bertz CT molecular complexity index is 498. The number of aromatic nitrogens is 1. The molecule has 1 atom stereocenters. The molecule has 5 nitrogen and oxygen atoms in total. The summed E-state index contributed by atoms with van der Waals surface area (Å²) < 4.78 is 5.80. The van der Waals surface area contributed by atoms with Gasteiger partial charge in [-0.3, -0.25) is 0 Å². The molecule has 1 saturated heterocycles. The maximum Gasteiger partial charge on any atom is 0.191 e. The van der Waals surface area contributed by atoms with E-state index in [0.29, 0.717) is 6.54 Å². The average molecular weight is 438 g/mol. The van der Waals surface area contributed by atoms with Gasteiger partial charge in [-0.1, -0.05) is 0 Å². The fraction of sp³-hybridized carbons (Fsp3) is 0.733. The van der Waals surface area contributed by atoms with Crippen LogP contribution in [-0.4, -0.2) is 36.2 Å². The van der Waals surface area contributed by atoms with Crippen molar-refractivity contribution in [2.75, 3.05) is 19.7 Å². The summed E-state index contributed by atoms with van der Waals surface area (Å²) in [5.74, 6) is 0.847. The van der Waals surface area contributed by atoms with Crippen molar-refractivity contribution in [1.29, 1.82) is 0 Å². The number of aryl methyl sites for hydroxylation is 2. The van der Waals surface area contributed by atoms with Gasteiger partial charge in [0.1, 0.15) is 0 Å². The highest BCUT2D eigenvalue weighted by Gasteiger charge is 2.29. The molecule has 0 spiro atoms. The monoisotopic (exact) mass is 438 g/mol. The van der Waals surface area contributed by atoms with Gasteiger partial charge >= 0.3 is 0 Å². The Morgan fingerprint density at radius 2 is 2.18 bits per heavy atom. The lowest BCUT2D eigenvalue weighted by atomic mass is 10.0. The molecule has 2 N–H and O–H groups in total. The summed E-state index contributed by atoms with van der Waals surface area (Å²) in [5.41, 5.74) is 1.02. The minimum atomic E-state index is -0.0623. The molecular weight excluding hydrogens is 411 g/mol. The number of hydrogen-bond acceptors (Lipinski definition) is 4. The minimum Gasteiger partial charge on any atom is -0.373 e. The zero-order chi connectivity index (χ0) is 15.3. The van der Waals surface area contributed by atoms with Gasteiger partial charge < -0.3 is 15.4 Å². The van der Waals surface area contributed by atoms with Crippen LogP contribution in [0.5, 0.6) is 0 Å². The number of aliphatic imine (C=N–C) groups is 1. The van der Waals surface area contributed by atoms with Crippen LogP contribution in [-0.2, 0) is 11.3 Å². The Morgan fingerprint density at radius 1 is 1.41 bits per heavy atom. The first-order valence-electron chi connectivity index (χ1n) is 7.61. The predicted molar refractivity (Wildman–Crippen MR) is 103 cm³/mol. The third-order valence-corrected chi connectivity index (χ3v) is 4.71. The molecule has 22 heavy (non-hydrogen) atoms. The lowest BCUT2D eigenvalue weighted by molar-refractivity contribution is 0.0243. The van der Waals surface area contributed by atoms with E-state index in [1.807, 2.05) is 13.8 Å². The van der Waals surface area contributed by atoms with Gasteiger partial charge in [0.25, 0.3) is 0 Å². The van der Waals surface area contributed by atoms with Gasteiger partial charge in [-0.25, -0.2) is 9.98 Å². The second kappa shape index (κ2) is 9.02. The van der Waals surface area contributed by atoms with Crippen LogP contribution in [0.1, 0.15) is 42.3 Å². The number of nitrogens with one attached hydrogen (secondary N) is 2. The highest BCUT2D eigenvalue weighted by Crippen LogP contribution is 2.23. The van der Waals surface area contributed by atoms with Crippen LogP contribution in [0.2, 0.25) is 0 Å². The van der Waals surface area contributed by atoms with Gasteiger partial charge in [0.2, 0.25) is 0 Å². The quantitative estimate of drug-likeness (QED) is 0.422. The first-order valence-corrected chi connectivity index (χ1v) is 8.43. The Hall–Kier alpha value is -0.410. The molecule has 0 aromatic carbocycles. The van der Waals surface area contributed by atoms with Crippen molar-refractivity contribution in [3.05, 3.63) is 15.6 Å². The molecule has 2 rings (SSSR count). The van der Waals surface area contributed by atoms with E-state index in [-0.39, 0.29) is 29.6 Å². The summed E-state index contributed by atoms with van der Waals surface area (Å²) in [6.07, 6.45) is 2.25. The van der Waals surface area contributed by atoms with E-state index in [1.165, 1.54) is 4.88 Å². The molecular formula is C15H27IN4OS. The first-order chi connectivity index (χ1) is 10.0. The lowest BCUT2D eigenvalue weighted by Crippen LogP contribution is -2.45. The molecule has 1 unspecified atom stereocenters. The van der Waals surface area contributed by atoms with Crippen LogP contribution < -0.4 is 10.6 Å². The Labute approximate surface area is 154 Å². The minimum absolute atomic E-state index is 0. The molecule has 2 heterocycles. The topological polar surface area (TPSA) is 58.5 Å². The summed E-state index contributed by atoms with van der Waals surface area (Å²) >= 11 is 1.72. The molecule has 1 aliphatic rings. The second-order valence-corrected chi connectivity index (χ2v) is 6.98. The average Bonchev–Trinajstić information content (AvgIpc) is 3.00. The first kappa shape index (κ1) is 19.6. The molecule has 0 aliphatic carbocycles. The van der Waals surface area contributed by atoms with Gasteiger partial charge in [0.05, 0.1) is 22.8 Å². The van der Waals surface area contributed by atoms with E-state index in [2.05, 4.69) is 34.5 Å². The number of guanidine groups is 1. The fourth-order valence-corrected chi connectivity index (χ4v) is 3.32. The Balaban J connectivity index is 0.00000242. The Kier molecular flexibility index (Phi) is 8.06. The number of ether oxygens (including phenoxy) is 1. The second-order valence-electron chi connectivity index (χ2n) is 5.69. The summed E-state index contributed by atoms with van der Waals surface area (Å²) in [6, 6.07) is 0. The standard InChI is InChI=1S/C15H26N4OS.HI/c1-5-16-14(18-10-15(4)7-6-8-20-15)17-9-13-11(2)19-12(3)21-13;/h5-10H2,1-4H3,(H2,16,17,18);1H. The summed E-state index contributed by atoms with van der Waals surface area (Å²) in [6.45, 7) is 11.5. The SMILES string of the molecule is CCNC(=NCc1sc(C)nc1C)NCC1(C)CCCO1.I. The molecule has 0 amide bonds. The van der Waals surface area contributed by atoms with Crippen molar-refractivity contribution in [2.45, 2.75) is 52.7 Å². The molecule has 1 aromatic heterocycles. The van der Waals surface area contributed by atoms with Crippen molar-refractivity contribution in [1.82, 2.24) is 15.6 Å². The summed E-state index contributed by atoms with van der Waals surface area (Å²) in [7, 11) is 0. The largest absolute Gasteiger partial charge is 0.373 e. The van der Waals surface area contributed by atoms with Gasteiger partial charge in [0, 0.05) is 24.6 Å². The molecule has 0 radical (unpaired) electrons. The highest BCUT2D eigenvalue weighted by molar-refractivity contribution is 14.0. The fourth-order valence-electron chi connectivity index (χ4n) is 2.46. The number of nitrogens with zero attached hydrogens (tertiary/aromatic N) is 2. The molecule has 126 valence electrons. The zero-order valence-electron chi connectivity index (χ0n) is 13.9. The van der Waals surface area contributed by atoms with Gasteiger partial charge in [0.15, 0.2) is 5.96 Å². The van der Waals surface area contributed by atoms with E-state index < -0.39 is 0 Å². The zero-order valence-corrected chi connectivity index (χ0v) is 17.0. The third-order valence-electron chi connectivity index (χ3n) is 3.65. The van der Waals surface area contributed by atoms with Crippen LogP contribution in [0.3, 0.4) is 0 Å². The molecule has 0 saturated carbocycles. The number of rotatable bonds is 5. The van der Waals surface area contributed by atoms with Crippen molar-refractivity contribution in [3.63, 3.8) is 0 Å². The summed E-state index contributed by atoms with van der Waals surface area (Å²) in [4.78, 5) is 10.3. The van der Waals surface area contributed by atoms with Crippen LogP contribution in [0, 0.1) is 13.8 Å². The molecule has 7 heteroatoms. The van der Waals surface area contributed by atoms with Crippen LogP contribution in [0.15, 0.2) is 4.99 Å². The van der Waals surface area contributed by atoms with Crippen LogP contribution in [0.4, 0.5) is 0 Å². The number of thiazole rings is 1. The molecule has 1 aromatic rings. The maximum absolute atomic E-state index is 5.80. The van der Waals surface area contributed by atoms with Gasteiger partial charge in [-0.2, -0.15) is 0 Å². The van der Waals surface area contributed by atoms with Crippen LogP contribution in [0.25, 0.3) is 0 Å². The van der Waals surface area contributed by atoms with Crippen LogP contribution >= 0.6 is 35.3 Å². The van der Waals surface area contributed by atoms with Crippen molar-refractivity contribution in [3.8, 4) is 0 Å². The lowest BCUT2D eigenvalue weighted by Gasteiger charge is -2.24. The molecule has 1 aliphatic heterocycles. The maximum atomic E-state index is 5.80. The Morgan fingerprint density at radius 3 is 2.73 bits per heavy atom. The van der Waals surface area contributed by atoms with E-state index in [1.54, 1.807) is 11.3 Å². The molecule has 0 bridgehead atoms. The smallest absolute Gasteiger partial charge is 0.191 e. The van der Waals surface area contributed by atoms with Gasteiger partial charge in [-0.15, -0.1) is 35.3 Å². The number of hydrogen-bond donors (Lipinski definition) is 2. The van der Waals surface area contributed by atoms with E-state index in [9.17, 15) is 0 Å².